The molecule has 2 saturated carbocycles. The van der Waals surface area contributed by atoms with Gasteiger partial charge in [-0.2, -0.15) is 13.2 Å². The number of carbonyl (C=O) groups excluding carboxylic acids is 2. The molecule has 55 heavy (non-hydrogen) atoms. The molecule has 0 spiro atoms. The van der Waals surface area contributed by atoms with Crippen LogP contribution in [0.3, 0.4) is 0 Å². The number of aromatic nitrogens is 4. The Balaban J connectivity index is 1.17. The number of imidazole rings is 1. The molecule has 2 aliphatic carbocycles. The van der Waals surface area contributed by atoms with Gasteiger partial charge < -0.3 is 20.1 Å². The van der Waals surface area contributed by atoms with E-state index in [1.54, 1.807) is 23.2 Å². The highest BCUT2D eigenvalue weighted by atomic mass is 35.5. The van der Waals surface area contributed by atoms with E-state index < -0.39 is 50.9 Å². The van der Waals surface area contributed by atoms with Crippen LogP contribution in [0.25, 0.3) is 22.3 Å². The SMILES string of the molecule is CC(C)n1cnc2cc(-c3cnc4c(c3)N([C@H]3C[C@@](C)(N5CCCCC5)C3)C(=O)C4(C)C)nc(Nc3cc(C(=O)NC4(C(F)(F)F)CC4)c(Cl)c(F)c3F)c21. The molecular weight excluding hydrogens is 743 g/mol. The summed E-state index contributed by atoms with van der Waals surface area (Å²) in [4.78, 5) is 45.7. The Bertz CT molecular complexity index is 2240. The van der Waals surface area contributed by atoms with Crippen LogP contribution in [0.15, 0.2) is 30.7 Å². The van der Waals surface area contributed by atoms with Crippen LogP contribution < -0.4 is 15.5 Å². The fourth-order valence-corrected chi connectivity index (χ4v) is 8.75. The molecule has 3 aromatic heterocycles. The average molecular weight is 785 g/mol. The van der Waals surface area contributed by atoms with E-state index in [9.17, 15) is 22.8 Å². The van der Waals surface area contributed by atoms with Gasteiger partial charge in [0.25, 0.3) is 5.91 Å². The molecular formula is C39H42ClF5N8O2. The van der Waals surface area contributed by atoms with E-state index in [1.165, 1.54) is 19.3 Å². The minimum atomic E-state index is -4.74. The van der Waals surface area contributed by atoms with Crippen molar-refractivity contribution in [2.24, 2.45) is 0 Å². The zero-order valence-electron chi connectivity index (χ0n) is 31.2. The second kappa shape index (κ2) is 12.8. The number of alkyl halides is 3. The number of rotatable bonds is 8. The van der Waals surface area contributed by atoms with Gasteiger partial charge in [0.2, 0.25) is 5.91 Å². The molecule has 2 aliphatic heterocycles. The fourth-order valence-electron chi connectivity index (χ4n) is 8.53. The second-order valence-electron chi connectivity index (χ2n) is 16.5. The van der Waals surface area contributed by atoms with Gasteiger partial charge in [-0.3, -0.25) is 19.5 Å². The van der Waals surface area contributed by atoms with Gasteiger partial charge in [0.15, 0.2) is 17.5 Å². The van der Waals surface area contributed by atoms with Gasteiger partial charge in [0, 0.05) is 29.4 Å². The predicted octanol–water partition coefficient (Wildman–Crippen LogP) is 8.61. The number of hydrogen-bond donors (Lipinski definition) is 2. The Morgan fingerprint density at radius 2 is 1.69 bits per heavy atom. The quantitative estimate of drug-likeness (QED) is 0.136. The van der Waals surface area contributed by atoms with E-state index in [4.69, 9.17) is 21.6 Å². The summed E-state index contributed by atoms with van der Waals surface area (Å²) in [6.07, 6.45) is 3.03. The largest absolute Gasteiger partial charge is 0.411 e. The normalized spacial score (nSPS) is 23.2. The van der Waals surface area contributed by atoms with E-state index in [-0.39, 0.29) is 42.2 Å². The second-order valence-corrected chi connectivity index (χ2v) is 16.9. The molecule has 4 aliphatic rings. The number of amides is 2. The first-order valence-corrected chi connectivity index (χ1v) is 19.0. The number of halogens is 6. The van der Waals surface area contributed by atoms with Crippen LogP contribution in [-0.2, 0) is 10.2 Å². The number of anilines is 3. The first-order chi connectivity index (χ1) is 25.8. The molecule has 5 heterocycles. The number of piperidine rings is 1. The first-order valence-electron chi connectivity index (χ1n) is 18.7. The summed E-state index contributed by atoms with van der Waals surface area (Å²) in [5, 5.41) is 3.77. The molecule has 0 bridgehead atoms. The van der Waals surface area contributed by atoms with Crippen molar-refractivity contribution >= 4 is 51.6 Å². The first kappa shape index (κ1) is 37.5. The van der Waals surface area contributed by atoms with Crippen molar-refractivity contribution in [2.45, 2.75) is 114 Å². The van der Waals surface area contributed by atoms with E-state index in [0.717, 1.165) is 32.0 Å². The number of carbonyl (C=O) groups is 2. The van der Waals surface area contributed by atoms with Crippen LogP contribution in [0.1, 0.15) is 102 Å². The summed E-state index contributed by atoms with van der Waals surface area (Å²) in [5.41, 5.74) is -1.43. The van der Waals surface area contributed by atoms with E-state index in [1.807, 2.05) is 44.0 Å². The van der Waals surface area contributed by atoms with Crippen LogP contribution in [-0.4, -0.2) is 72.6 Å². The monoisotopic (exact) mass is 784 g/mol. The van der Waals surface area contributed by atoms with Crippen LogP contribution in [0.2, 0.25) is 5.02 Å². The number of benzene rings is 1. The van der Waals surface area contributed by atoms with Crippen molar-refractivity contribution in [1.29, 1.82) is 0 Å². The number of likely N-dealkylation sites (tertiary alicyclic amines) is 1. The minimum absolute atomic E-state index is 0.00786. The van der Waals surface area contributed by atoms with Crippen molar-refractivity contribution in [2.75, 3.05) is 23.3 Å². The Morgan fingerprint density at radius 1 is 1.00 bits per heavy atom. The zero-order chi connectivity index (χ0) is 39.4. The van der Waals surface area contributed by atoms with Crippen LogP contribution in [0.4, 0.5) is 39.1 Å². The molecule has 8 rings (SSSR count). The minimum Gasteiger partial charge on any atom is -0.338 e. The van der Waals surface area contributed by atoms with Crippen LogP contribution in [0, 0.1) is 11.6 Å². The third-order valence-corrected chi connectivity index (χ3v) is 12.4. The van der Waals surface area contributed by atoms with Crippen molar-refractivity contribution in [3.05, 3.63) is 58.6 Å². The highest BCUT2D eigenvalue weighted by molar-refractivity contribution is 6.34. The molecule has 16 heteroatoms. The van der Waals surface area contributed by atoms with Crippen LogP contribution >= 0.6 is 11.6 Å². The van der Waals surface area contributed by atoms with Gasteiger partial charge in [0.1, 0.15) is 11.1 Å². The highest BCUT2D eigenvalue weighted by Gasteiger charge is 2.64. The number of nitrogens with zero attached hydrogens (tertiary/aromatic N) is 6. The number of fused-ring (bicyclic) bond motifs is 2. The lowest BCUT2D eigenvalue weighted by Gasteiger charge is -2.55. The predicted molar refractivity (Wildman–Crippen MR) is 199 cm³/mol. The number of hydrogen-bond acceptors (Lipinski definition) is 7. The van der Waals surface area contributed by atoms with Crippen LogP contribution in [0.5, 0.6) is 0 Å². The van der Waals surface area contributed by atoms with E-state index in [2.05, 4.69) is 22.1 Å². The van der Waals surface area contributed by atoms with Gasteiger partial charge in [-0.05, 0) is 104 Å². The Morgan fingerprint density at radius 3 is 2.33 bits per heavy atom. The fraction of sp³-hybridized carbons (Fsp3) is 0.513. The third kappa shape index (κ3) is 6.03. The number of nitrogens with one attached hydrogen (secondary N) is 2. The number of pyridine rings is 2. The molecule has 1 saturated heterocycles. The van der Waals surface area contributed by atoms with Crippen molar-refractivity contribution in [1.82, 2.24) is 29.7 Å². The van der Waals surface area contributed by atoms with Gasteiger partial charge in [0.05, 0.1) is 50.6 Å². The molecule has 4 aromatic rings. The topological polar surface area (TPSA) is 108 Å². The van der Waals surface area contributed by atoms with E-state index in [0.29, 0.717) is 33.7 Å². The Kier molecular flexibility index (Phi) is 8.76. The van der Waals surface area contributed by atoms with E-state index >= 15 is 8.78 Å². The third-order valence-electron chi connectivity index (χ3n) is 12.0. The molecule has 2 amide bonds. The smallest absolute Gasteiger partial charge is 0.338 e. The van der Waals surface area contributed by atoms with Crippen molar-refractivity contribution in [3.63, 3.8) is 0 Å². The lowest BCUT2D eigenvalue weighted by atomic mass is 9.71. The van der Waals surface area contributed by atoms with Gasteiger partial charge in [-0.25, -0.2) is 18.7 Å². The maximum absolute atomic E-state index is 15.6. The highest BCUT2D eigenvalue weighted by Crippen LogP contribution is 2.51. The van der Waals surface area contributed by atoms with Gasteiger partial charge in [-0.15, -0.1) is 0 Å². The Hall–Kier alpha value is -4.37. The molecule has 2 N–H and O–H groups in total. The average Bonchev–Trinajstić information content (AvgIpc) is 3.74. The summed E-state index contributed by atoms with van der Waals surface area (Å²) in [7, 11) is 0. The summed E-state index contributed by atoms with van der Waals surface area (Å²) >= 11 is 6.01. The molecule has 0 unspecified atom stereocenters. The van der Waals surface area contributed by atoms with Gasteiger partial charge in [-0.1, -0.05) is 18.0 Å². The van der Waals surface area contributed by atoms with Crippen molar-refractivity contribution < 1.29 is 31.5 Å². The summed E-state index contributed by atoms with van der Waals surface area (Å²) in [5.74, 6) is -4.36. The standard InChI is InChI=1S/C39H42ClF5N8O2/c1-20(2)52-19-47-26-15-24(21-13-27-32(46-18-21)36(3,4)35(55)53(27)22-16-37(5,17-22)51-11-7-6-8-12-51)48-33(31(26)52)49-25-14-23(28(40)30(42)29(25)41)34(54)50-38(9-10-38)39(43,44)45/h13-15,18-20,22H,6-12,16-17H2,1-5H3,(H,48,49)(H,50,54)/t22-,37+. The summed E-state index contributed by atoms with van der Waals surface area (Å²) < 4.78 is 73.6. The molecule has 3 fully saturated rings. The molecule has 10 nitrogen and oxygen atoms in total. The molecule has 0 radical (unpaired) electrons. The lowest BCUT2D eigenvalue weighted by molar-refractivity contribution is -0.163. The van der Waals surface area contributed by atoms with Gasteiger partial charge >= 0.3 is 6.18 Å². The maximum Gasteiger partial charge on any atom is 0.411 e. The molecule has 292 valence electrons. The summed E-state index contributed by atoms with van der Waals surface area (Å²) in [6.45, 7) is 11.9. The van der Waals surface area contributed by atoms with Crippen molar-refractivity contribution in [3.8, 4) is 11.3 Å². The maximum atomic E-state index is 15.6. The Labute approximate surface area is 319 Å². The molecule has 0 atom stereocenters. The summed E-state index contributed by atoms with van der Waals surface area (Å²) in [6, 6.07) is 4.33. The molecule has 1 aromatic carbocycles. The lowest BCUT2D eigenvalue weighted by Crippen LogP contribution is -2.64. The zero-order valence-corrected chi connectivity index (χ0v) is 31.9.